The van der Waals surface area contributed by atoms with Gasteiger partial charge in [0.2, 0.25) is 5.78 Å². The SMILES string of the molecule is COc1ccc(C(=O)COC(=O)c2sccc2-c2ccc(C)cc2)c(OC)c1. The summed E-state index contributed by atoms with van der Waals surface area (Å²) in [6.45, 7) is 1.64. The van der Waals surface area contributed by atoms with E-state index in [1.807, 2.05) is 42.6 Å². The molecule has 0 N–H and O–H groups in total. The number of methoxy groups -OCH3 is 2. The number of rotatable bonds is 7. The van der Waals surface area contributed by atoms with Gasteiger partial charge in [-0.3, -0.25) is 4.79 Å². The maximum absolute atomic E-state index is 12.5. The van der Waals surface area contributed by atoms with Crippen molar-refractivity contribution in [2.45, 2.75) is 6.92 Å². The minimum absolute atomic E-state index is 0.334. The van der Waals surface area contributed by atoms with E-state index in [-0.39, 0.29) is 12.4 Å². The van der Waals surface area contributed by atoms with E-state index < -0.39 is 5.97 Å². The van der Waals surface area contributed by atoms with Crippen molar-refractivity contribution in [3.05, 3.63) is 69.9 Å². The van der Waals surface area contributed by atoms with Gasteiger partial charge in [0.05, 0.1) is 19.8 Å². The van der Waals surface area contributed by atoms with Crippen molar-refractivity contribution in [2.24, 2.45) is 0 Å². The lowest BCUT2D eigenvalue weighted by molar-refractivity contribution is 0.0479. The number of benzene rings is 2. The van der Waals surface area contributed by atoms with E-state index in [0.29, 0.717) is 21.9 Å². The average molecular weight is 396 g/mol. The molecule has 1 heterocycles. The second-order valence-electron chi connectivity index (χ2n) is 6.09. The monoisotopic (exact) mass is 396 g/mol. The van der Waals surface area contributed by atoms with Crippen LogP contribution in [-0.4, -0.2) is 32.6 Å². The third kappa shape index (κ3) is 4.23. The van der Waals surface area contributed by atoms with Gasteiger partial charge in [-0.1, -0.05) is 29.8 Å². The van der Waals surface area contributed by atoms with E-state index in [4.69, 9.17) is 14.2 Å². The Kier molecular flexibility index (Phi) is 6.11. The van der Waals surface area contributed by atoms with Crippen LogP contribution in [0.5, 0.6) is 11.5 Å². The van der Waals surface area contributed by atoms with Crippen LogP contribution >= 0.6 is 11.3 Å². The number of ketones is 1. The molecule has 1 aromatic heterocycles. The number of esters is 1. The molecule has 0 bridgehead atoms. The van der Waals surface area contributed by atoms with Gasteiger partial charge in [0, 0.05) is 11.6 Å². The zero-order valence-electron chi connectivity index (χ0n) is 15.9. The highest BCUT2D eigenvalue weighted by Gasteiger charge is 2.19. The highest BCUT2D eigenvalue weighted by Crippen LogP contribution is 2.30. The lowest BCUT2D eigenvalue weighted by Crippen LogP contribution is -2.15. The number of hydrogen-bond donors (Lipinski definition) is 0. The Morgan fingerprint density at radius 1 is 0.964 bits per heavy atom. The molecule has 3 rings (SSSR count). The molecule has 0 aliphatic rings. The fourth-order valence-corrected chi connectivity index (χ4v) is 3.54. The normalized spacial score (nSPS) is 10.4. The Labute approximate surface area is 167 Å². The van der Waals surface area contributed by atoms with Crippen molar-refractivity contribution < 1.29 is 23.8 Å². The van der Waals surface area contributed by atoms with Gasteiger partial charge >= 0.3 is 5.97 Å². The van der Waals surface area contributed by atoms with E-state index >= 15 is 0 Å². The highest BCUT2D eigenvalue weighted by atomic mass is 32.1. The van der Waals surface area contributed by atoms with Crippen molar-refractivity contribution in [3.63, 3.8) is 0 Å². The molecule has 0 saturated heterocycles. The quantitative estimate of drug-likeness (QED) is 0.425. The predicted octanol–water partition coefficient (Wildman–Crippen LogP) is 4.78. The molecule has 6 heteroatoms. The third-order valence-electron chi connectivity index (χ3n) is 4.26. The minimum Gasteiger partial charge on any atom is -0.497 e. The summed E-state index contributed by atoms with van der Waals surface area (Å²) in [4.78, 5) is 25.5. The fourth-order valence-electron chi connectivity index (χ4n) is 2.73. The standard InChI is InChI=1S/C22H20O5S/c1-14-4-6-15(7-5-14)17-10-11-28-21(17)22(24)27-13-19(23)18-9-8-16(25-2)12-20(18)26-3/h4-12H,13H2,1-3H3. The first-order valence-corrected chi connectivity index (χ1v) is 9.48. The van der Waals surface area contributed by atoms with Crippen LogP contribution < -0.4 is 9.47 Å². The van der Waals surface area contributed by atoms with E-state index in [1.165, 1.54) is 25.6 Å². The first-order valence-electron chi connectivity index (χ1n) is 8.60. The number of carbonyl (C=O) groups is 2. The molecule has 0 radical (unpaired) electrons. The second-order valence-corrected chi connectivity index (χ2v) is 7.01. The van der Waals surface area contributed by atoms with Gasteiger partial charge in [-0.15, -0.1) is 11.3 Å². The molecule has 28 heavy (non-hydrogen) atoms. The van der Waals surface area contributed by atoms with Gasteiger partial charge in [-0.2, -0.15) is 0 Å². The molecule has 0 amide bonds. The van der Waals surface area contributed by atoms with Crippen molar-refractivity contribution in [3.8, 4) is 22.6 Å². The summed E-state index contributed by atoms with van der Waals surface area (Å²) in [5, 5.41) is 1.83. The molecule has 0 aliphatic carbocycles. The summed E-state index contributed by atoms with van der Waals surface area (Å²) in [6.07, 6.45) is 0. The Bertz CT molecular complexity index is 988. The van der Waals surface area contributed by atoms with Gasteiger partial charge < -0.3 is 14.2 Å². The zero-order chi connectivity index (χ0) is 20.1. The van der Waals surface area contributed by atoms with Gasteiger partial charge in [0.25, 0.3) is 0 Å². The van der Waals surface area contributed by atoms with Gasteiger partial charge in [0.1, 0.15) is 16.4 Å². The van der Waals surface area contributed by atoms with Crippen molar-refractivity contribution >= 4 is 23.1 Å². The van der Waals surface area contributed by atoms with E-state index in [2.05, 4.69) is 0 Å². The summed E-state index contributed by atoms with van der Waals surface area (Å²) in [6, 6.07) is 14.6. The molecular weight excluding hydrogens is 376 g/mol. The Hall–Kier alpha value is -3.12. The molecule has 2 aromatic carbocycles. The van der Waals surface area contributed by atoms with Crippen LogP contribution in [0, 0.1) is 6.92 Å². The van der Waals surface area contributed by atoms with Crippen LogP contribution in [0.1, 0.15) is 25.6 Å². The number of thiophene rings is 1. The van der Waals surface area contributed by atoms with E-state index in [0.717, 1.165) is 16.7 Å². The first-order chi connectivity index (χ1) is 13.5. The van der Waals surface area contributed by atoms with Crippen LogP contribution in [0.4, 0.5) is 0 Å². The van der Waals surface area contributed by atoms with Crippen LogP contribution in [0.15, 0.2) is 53.9 Å². The molecule has 0 spiro atoms. The molecule has 5 nitrogen and oxygen atoms in total. The third-order valence-corrected chi connectivity index (χ3v) is 5.15. The zero-order valence-corrected chi connectivity index (χ0v) is 16.7. The molecule has 0 unspecified atom stereocenters. The smallest absolute Gasteiger partial charge is 0.349 e. The van der Waals surface area contributed by atoms with Crippen molar-refractivity contribution in [1.29, 1.82) is 0 Å². The van der Waals surface area contributed by atoms with Gasteiger partial charge in [-0.25, -0.2) is 4.79 Å². The summed E-state index contributed by atoms with van der Waals surface area (Å²) in [7, 11) is 3.00. The largest absolute Gasteiger partial charge is 0.497 e. The number of carbonyl (C=O) groups excluding carboxylic acids is 2. The lowest BCUT2D eigenvalue weighted by atomic mass is 10.1. The Morgan fingerprint density at radius 2 is 1.71 bits per heavy atom. The second kappa shape index (κ2) is 8.71. The van der Waals surface area contributed by atoms with Crippen LogP contribution in [-0.2, 0) is 4.74 Å². The maximum atomic E-state index is 12.5. The predicted molar refractivity (Wildman–Crippen MR) is 109 cm³/mol. The summed E-state index contributed by atoms with van der Waals surface area (Å²) in [5.41, 5.74) is 3.20. The first kappa shape index (κ1) is 19.6. The fraction of sp³-hybridized carbons (Fsp3) is 0.182. The number of Topliss-reactive ketones (excluding diaryl/α,β-unsaturated/α-hetero) is 1. The average Bonchev–Trinajstić information content (AvgIpc) is 3.21. The van der Waals surface area contributed by atoms with Crippen molar-refractivity contribution in [1.82, 2.24) is 0 Å². The van der Waals surface area contributed by atoms with E-state index in [9.17, 15) is 9.59 Å². The minimum atomic E-state index is -0.522. The molecule has 0 aliphatic heterocycles. The van der Waals surface area contributed by atoms with E-state index in [1.54, 1.807) is 18.2 Å². The topological polar surface area (TPSA) is 61.8 Å². The molecule has 3 aromatic rings. The lowest BCUT2D eigenvalue weighted by Gasteiger charge is -2.10. The van der Waals surface area contributed by atoms with Crippen LogP contribution in [0.25, 0.3) is 11.1 Å². The molecule has 0 saturated carbocycles. The molecule has 0 atom stereocenters. The summed E-state index contributed by atoms with van der Waals surface area (Å²) in [5.74, 6) is 0.0799. The Balaban J connectivity index is 1.72. The molecule has 0 fully saturated rings. The Morgan fingerprint density at radius 3 is 2.39 bits per heavy atom. The highest BCUT2D eigenvalue weighted by molar-refractivity contribution is 7.12. The molecule has 144 valence electrons. The maximum Gasteiger partial charge on any atom is 0.349 e. The van der Waals surface area contributed by atoms with Crippen LogP contribution in [0.2, 0.25) is 0 Å². The molecular formula is C22H20O5S. The van der Waals surface area contributed by atoms with Gasteiger partial charge in [0.15, 0.2) is 6.61 Å². The summed E-state index contributed by atoms with van der Waals surface area (Å²) < 4.78 is 15.6. The number of ether oxygens (including phenoxy) is 3. The van der Waals surface area contributed by atoms with Crippen LogP contribution in [0.3, 0.4) is 0 Å². The number of aryl methyl sites for hydroxylation is 1. The van der Waals surface area contributed by atoms with Gasteiger partial charge in [-0.05, 0) is 36.1 Å². The van der Waals surface area contributed by atoms with Crippen molar-refractivity contribution in [2.75, 3.05) is 20.8 Å². The summed E-state index contributed by atoms with van der Waals surface area (Å²) >= 11 is 1.29. The number of hydrogen-bond acceptors (Lipinski definition) is 6.